The van der Waals surface area contributed by atoms with Crippen LogP contribution in [0.2, 0.25) is 0 Å². The molecule has 0 aromatic rings. The normalized spacial score (nSPS) is 30.6. The number of carbonyl (C=O) groups excluding carboxylic acids is 11. The van der Waals surface area contributed by atoms with Gasteiger partial charge in [-0.1, -0.05) is 88.3 Å². The fourth-order valence-corrected chi connectivity index (χ4v) is 13.3. The Labute approximate surface area is 561 Å². The highest BCUT2D eigenvalue weighted by Gasteiger charge is 2.51. The number of amides is 11. The van der Waals surface area contributed by atoms with Crippen molar-refractivity contribution in [2.75, 3.05) is 95.3 Å². The molecule has 0 aliphatic carbocycles. The van der Waals surface area contributed by atoms with Crippen molar-refractivity contribution in [3.05, 3.63) is 12.2 Å². The molecule has 4 saturated heterocycles. The average Bonchev–Trinajstić information content (AvgIpc) is 1.55. The minimum Gasteiger partial charge on any atom is -0.378 e. The number of fused-ring (bicyclic) bond motifs is 3. The zero-order valence-corrected chi connectivity index (χ0v) is 61.0. The van der Waals surface area contributed by atoms with Crippen LogP contribution in [0.4, 0.5) is 0 Å². The van der Waals surface area contributed by atoms with E-state index in [1.807, 2.05) is 74.5 Å². The maximum absolute atomic E-state index is 15.3. The summed E-state index contributed by atoms with van der Waals surface area (Å²) in [6.45, 7) is 32.9. The largest absolute Gasteiger partial charge is 0.378 e. The first-order valence-electron chi connectivity index (χ1n) is 34.2. The molecule has 11 amide bonds. The van der Waals surface area contributed by atoms with E-state index in [0.717, 1.165) is 13.1 Å². The van der Waals surface area contributed by atoms with E-state index in [9.17, 15) is 24.0 Å². The first-order chi connectivity index (χ1) is 43.8. The fourth-order valence-electron chi connectivity index (χ4n) is 13.3. The second-order valence-corrected chi connectivity index (χ2v) is 28.8. The van der Waals surface area contributed by atoms with E-state index in [-0.39, 0.29) is 43.4 Å². The van der Waals surface area contributed by atoms with Crippen molar-refractivity contribution in [1.82, 2.24) is 65.4 Å². The van der Waals surface area contributed by atoms with E-state index in [1.165, 1.54) is 104 Å². The predicted octanol–water partition coefficient (Wildman–Crippen LogP) is 2.03. The van der Waals surface area contributed by atoms with Gasteiger partial charge in [-0.2, -0.15) is 0 Å². The molecular weight excluding hydrogens is 1210 g/mol. The molecule has 26 heteroatoms. The summed E-state index contributed by atoms with van der Waals surface area (Å²) in [5.74, 6) is -8.96. The van der Waals surface area contributed by atoms with Crippen LogP contribution >= 0.6 is 0 Å². The summed E-state index contributed by atoms with van der Waals surface area (Å²) < 4.78 is 12.3. The number of nitrogens with zero attached hydrogens (tertiary/aromatic N) is 9. The van der Waals surface area contributed by atoms with Crippen LogP contribution in [0, 0.1) is 35.5 Å². The van der Waals surface area contributed by atoms with Gasteiger partial charge in [0, 0.05) is 82.1 Å². The number of allylic oxidation sites excluding steroid dienone is 2. The van der Waals surface area contributed by atoms with Crippen LogP contribution in [-0.2, 0) is 62.2 Å². The Morgan fingerprint density at radius 1 is 0.489 bits per heavy atom. The first kappa shape index (κ1) is 80.2. The Bertz CT molecular complexity index is 2660. The van der Waals surface area contributed by atoms with Gasteiger partial charge in [0.25, 0.3) is 0 Å². The van der Waals surface area contributed by atoms with Gasteiger partial charge in [0.1, 0.15) is 66.5 Å². The molecule has 26 nitrogen and oxygen atoms in total. The third-order valence-corrected chi connectivity index (χ3v) is 19.6. The van der Waals surface area contributed by atoms with Crippen molar-refractivity contribution in [2.24, 2.45) is 35.5 Å². The Morgan fingerprint density at radius 3 is 1.49 bits per heavy atom. The summed E-state index contributed by atoms with van der Waals surface area (Å²) in [6.07, 6.45) is 2.75. The van der Waals surface area contributed by atoms with Crippen LogP contribution in [-0.4, -0.2) is 289 Å². The number of hydrogen-bond acceptors (Lipinski definition) is 15. The van der Waals surface area contributed by atoms with Gasteiger partial charge in [0.05, 0.1) is 31.5 Å². The van der Waals surface area contributed by atoms with Gasteiger partial charge < -0.3 is 69.9 Å². The highest BCUT2D eigenvalue weighted by atomic mass is 16.5. The maximum Gasteiger partial charge on any atom is 0.248 e. The van der Waals surface area contributed by atoms with E-state index in [4.69, 9.17) is 9.47 Å². The Morgan fingerprint density at radius 2 is 0.989 bits per heavy atom. The zero-order valence-electron chi connectivity index (χ0n) is 61.0. The summed E-state index contributed by atoms with van der Waals surface area (Å²) in [6, 6.07) is -13.1. The average molecular weight is 1330 g/mol. The van der Waals surface area contributed by atoms with Crippen molar-refractivity contribution in [1.29, 1.82) is 0 Å². The quantitative estimate of drug-likeness (QED) is 0.171. The van der Waals surface area contributed by atoms with Gasteiger partial charge in [-0.3, -0.25) is 57.6 Å². The third-order valence-electron chi connectivity index (χ3n) is 19.6. The van der Waals surface area contributed by atoms with Gasteiger partial charge in [0.15, 0.2) is 0 Å². The van der Waals surface area contributed by atoms with Gasteiger partial charge in [-0.15, -0.1) is 0 Å². The summed E-state index contributed by atoms with van der Waals surface area (Å²) in [7, 11) is 10.3. The number of rotatable bonds is 15. The van der Waals surface area contributed by atoms with E-state index >= 15 is 28.8 Å². The van der Waals surface area contributed by atoms with E-state index in [1.54, 1.807) is 27.7 Å². The lowest BCUT2D eigenvalue weighted by atomic mass is 9.92. The van der Waals surface area contributed by atoms with Gasteiger partial charge in [-0.25, -0.2) is 0 Å². The molecule has 0 spiro atoms. The van der Waals surface area contributed by atoms with Crippen LogP contribution in [0.15, 0.2) is 12.2 Å². The molecule has 4 rings (SSSR count). The van der Waals surface area contributed by atoms with E-state index in [2.05, 4.69) is 31.1 Å². The molecule has 0 saturated carbocycles. The molecule has 4 fully saturated rings. The van der Waals surface area contributed by atoms with Crippen molar-refractivity contribution in [3.8, 4) is 0 Å². The van der Waals surface area contributed by atoms with Gasteiger partial charge >= 0.3 is 0 Å². The number of carbonyl (C=O) groups is 11. The van der Waals surface area contributed by atoms with E-state index < -0.39 is 161 Å². The lowest BCUT2D eigenvalue weighted by molar-refractivity contribution is -0.155. The Hall–Kier alpha value is -6.25. The number of nitrogens with one attached hydrogen (secondary N) is 4. The smallest absolute Gasteiger partial charge is 0.248 e. The summed E-state index contributed by atoms with van der Waals surface area (Å²) >= 11 is 0. The Balaban J connectivity index is 1.90. The standard InChI is InChI=1S/C68H119N13O13/c1-24-26-27-42(11)57-56-61(85)71-49(25-2)64(88)73(17)46(15)63(87)77(21)54(43(12)35-80-28-30-81(31-29-80)48-36-93-37-48)60(84)72-53(41(9)10)67(91)74(18)50(32-38(3)4)59(83)69-44(13)58(82)70-45(14)62(86)75(19)51(33-39(5)6)65(89)76(20)52(34-40(7)8)66(90)78(22)55(47(16)94-57)68(92)79(56)23/h24,26,38-57H,25,27-37H2,1-23H3,(H,69,83)(H,70,82)(H,71,85)(H,72,84). The van der Waals surface area contributed by atoms with Crippen molar-refractivity contribution < 1.29 is 62.2 Å². The van der Waals surface area contributed by atoms with Crippen LogP contribution in [0.25, 0.3) is 0 Å². The second kappa shape index (κ2) is 35.7. The predicted molar refractivity (Wildman–Crippen MR) is 359 cm³/mol. The van der Waals surface area contributed by atoms with E-state index in [0.29, 0.717) is 45.3 Å². The number of piperazine rings is 1. The van der Waals surface area contributed by atoms with Gasteiger partial charge in [-0.05, 0) is 102 Å². The molecule has 2 bridgehead atoms. The summed E-state index contributed by atoms with van der Waals surface area (Å²) in [5.41, 5.74) is 0. The summed E-state index contributed by atoms with van der Waals surface area (Å²) in [4.78, 5) is 177. The molecule has 15 unspecified atom stereocenters. The molecule has 4 N–H and O–H groups in total. The second-order valence-electron chi connectivity index (χ2n) is 28.8. The lowest BCUT2D eigenvalue weighted by Gasteiger charge is -2.44. The zero-order chi connectivity index (χ0) is 71.2. The highest BCUT2D eigenvalue weighted by molar-refractivity contribution is 6.00. The molecule has 0 aromatic heterocycles. The molecule has 534 valence electrons. The molecule has 15 atom stereocenters. The molecular formula is C68H119N13O13. The lowest BCUT2D eigenvalue weighted by Crippen LogP contribution is -2.63. The highest BCUT2D eigenvalue weighted by Crippen LogP contribution is 2.31. The van der Waals surface area contributed by atoms with Crippen LogP contribution in [0.5, 0.6) is 0 Å². The van der Waals surface area contributed by atoms with Crippen molar-refractivity contribution >= 4 is 65.0 Å². The van der Waals surface area contributed by atoms with Crippen LogP contribution < -0.4 is 21.3 Å². The molecule has 0 aromatic carbocycles. The van der Waals surface area contributed by atoms with Crippen LogP contribution in [0.1, 0.15) is 143 Å². The number of hydrogen-bond donors (Lipinski definition) is 4. The summed E-state index contributed by atoms with van der Waals surface area (Å²) in [5, 5.41) is 11.3. The molecule has 4 aliphatic heterocycles. The van der Waals surface area contributed by atoms with Crippen molar-refractivity contribution in [2.45, 2.75) is 228 Å². The molecule has 0 radical (unpaired) electrons. The minimum absolute atomic E-state index is 0.0618. The molecule has 94 heavy (non-hydrogen) atoms. The number of likely N-dealkylation sites (N-methyl/N-ethyl adjacent to an activating group) is 7. The van der Waals surface area contributed by atoms with Gasteiger partial charge in [0.2, 0.25) is 65.0 Å². The molecule has 4 heterocycles. The van der Waals surface area contributed by atoms with Crippen LogP contribution in [0.3, 0.4) is 0 Å². The maximum atomic E-state index is 15.3. The fraction of sp³-hybridized carbons (Fsp3) is 0.809. The SMILES string of the molecule is CC=CCC(C)C1OC(C)C2C(=O)N(C)C1C(=O)NC(CC)C(=O)N(C)C(C)C(=O)N(C)C(C(C)CN1CCN(C3COC3)CC1)C(=O)NC(C(C)C)C(=O)N(C)C(CC(C)C)C(=O)NC(C)C(=O)NC(C)C(=O)N(C)C(CC(C)C)C(=O)N(C)C(CC(C)C)C(=O)N2C. The monoisotopic (exact) mass is 1330 g/mol. The minimum atomic E-state index is -1.34. The van der Waals surface area contributed by atoms with Crippen molar-refractivity contribution in [3.63, 3.8) is 0 Å². The third kappa shape index (κ3) is 19.9. The first-order valence-corrected chi connectivity index (χ1v) is 34.2. The molecule has 4 aliphatic rings. The number of ether oxygens (including phenoxy) is 2. The topological polar surface area (TPSA) is 284 Å². The Kier molecular flexibility index (Phi) is 30.4.